The zero-order valence-corrected chi connectivity index (χ0v) is 13.4. The number of nitrogens with zero attached hydrogens (tertiary/aromatic N) is 2. The predicted octanol–water partition coefficient (Wildman–Crippen LogP) is 3.29. The Morgan fingerprint density at radius 2 is 2.11 bits per heavy atom. The summed E-state index contributed by atoms with van der Waals surface area (Å²) in [6.45, 7) is 9.79. The van der Waals surface area contributed by atoms with Gasteiger partial charge in [-0.3, -0.25) is 4.68 Å². The second-order valence-corrected chi connectivity index (χ2v) is 6.37. The van der Waals surface area contributed by atoms with Gasteiger partial charge in [-0.1, -0.05) is 6.92 Å². The van der Waals surface area contributed by atoms with E-state index in [1.807, 2.05) is 0 Å². The van der Waals surface area contributed by atoms with E-state index in [2.05, 4.69) is 58.7 Å². The average Bonchev–Trinajstić information content (AvgIpc) is 3.11. The summed E-state index contributed by atoms with van der Waals surface area (Å²) in [5.74, 6) is 0.628. The maximum atomic E-state index is 4.56. The van der Waals surface area contributed by atoms with Gasteiger partial charge in [0.15, 0.2) is 0 Å². The standard InChI is InChI=1S/C14H24BrN3/c1-5-18-13(14(15)11(4)17-18)8-9(2)10(3)16-12-6-7-12/h9-10,12,16H,5-8H2,1-4H3. The summed E-state index contributed by atoms with van der Waals surface area (Å²) in [7, 11) is 0. The molecule has 1 saturated carbocycles. The lowest BCUT2D eigenvalue weighted by atomic mass is 9.97. The molecule has 0 spiro atoms. The molecule has 2 atom stereocenters. The maximum absolute atomic E-state index is 4.56. The van der Waals surface area contributed by atoms with Crippen LogP contribution in [0.1, 0.15) is 45.0 Å². The van der Waals surface area contributed by atoms with Crippen LogP contribution in [0.4, 0.5) is 0 Å². The van der Waals surface area contributed by atoms with Crippen molar-refractivity contribution in [2.45, 2.75) is 65.6 Å². The van der Waals surface area contributed by atoms with Crippen LogP contribution in [-0.4, -0.2) is 21.9 Å². The highest BCUT2D eigenvalue weighted by Gasteiger charge is 2.26. The molecule has 3 nitrogen and oxygen atoms in total. The van der Waals surface area contributed by atoms with Gasteiger partial charge < -0.3 is 5.32 Å². The topological polar surface area (TPSA) is 29.9 Å². The van der Waals surface area contributed by atoms with E-state index >= 15 is 0 Å². The Kier molecular flexibility index (Phi) is 4.49. The number of rotatable bonds is 6. The normalized spacial score (nSPS) is 18.9. The second-order valence-electron chi connectivity index (χ2n) is 5.57. The molecule has 1 aliphatic carbocycles. The zero-order chi connectivity index (χ0) is 13.3. The van der Waals surface area contributed by atoms with Crippen molar-refractivity contribution in [1.82, 2.24) is 15.1 Å². The Labute approximate surface area is 118 Å². The Hall–Kier alpha value is -0.350. The van der Waals surface area contributed by atoms with E-state index < -0.39 is 0 Å². The van der Waals surface area contributed by atoms with Gasteiger partial charge in [0.2, 0.25) is 0 Å². The lowest BCUT2D eigenvalue weighted by molar-refractivity contribution is 0.386. The minimum atomic E-state index is 0.574. The molecule has 0 aromatic carbocycles. The molecule has 2 unspecified atom stereocenters. The van der Waals surface area contributed by atoms with Crippen molar-refractivity contribution in [2.24, 2.45) is 5.92 Å². The van der Waals surface area contributed by atoms with Gasteiger partial charge in [-0.05, 0) is 61.9 Å². The molecule has 1 aromatic heterocycles. The Morgan fingerprint density at radius 1 is 1.44 bits per heavy atom. The van der Waals surface area contributed by atoms with Crippen LogP contribution in [0.25, 0.3) is 0 Å². The first-order valence-electron chi connectivity index (χ1n) is 7.00. The number of aromatic nitrogens is 2. The van der Waals surface area contributed by atoms with Crippen molar-refractivity contribution in [1.29, 1.82) is 0 Å². The third-order valence-corrected chi connectivity index (χ3v) is 4.93. The summed E-state index contributed by atoms with van der Waals surface area (Å²) in [5, 5.41) is 8.26. The van der Waals surface area contributed by atoms with Gasteiger partial charge in [0.05, 0.1) is 15.9 Å². The van der Waals surface area contributed by atoms with Crippen molar-refractivity contribution < 1.29 is 0 Å². The van der Waals surface area contributed by atoms with Gasteiger partial charge in [-0.15, -0.1) is 0 Å². The fraction of sp³-hybridized carbons (Fsp3) is 0.786. The molecular formula is C14H24BrN3. The first-order valence-corrected chi connectivity index (χ1v) is 7.80. The van der Waals surface area contributed by atoms with Crippen molar-refractivity contribution in [3.8, 4) is 0 Å². The molecule has 18 heavy (non-hydrogen) atoms. The van der Waals surface area contributed by atoms with Crippen LogP contribution >= 0.6 is 15.9 Å². The fourth-order valence-corrected chi connectivity index (χ4v) is 2.78. The lowest BCUT2D eigenvalue weighted by Crippen LogP contribution is -2.35. The number of nitrogens with one attached hydrogen (secondary N) is 1. The SMILES string of the molecule is CCn1nc(C)c(Br)c1CC(C)C(C)NC1CC1. The monoisotopic (exact) mass is 313 g/mol. The molecule has 1 heterocycles. The van der Waals surface area contributed by atoms with Gasteiger partial charge in [-0.25, -0.2) is 0 Å². The Bertz CT molecular complexity index is 409. The molecule has 0 amide bonds. The highest BCUT2D eigenvalue weighted by atomic mass is 79.9. The summed E-state index contributed by atoms with van der Waals surface area (Å²) in [6.07, 6.45) is 3.79. The molecule has 102 valence electrons. The molecule has 4 heteroatoms. The quantitative estimate of drug-likeness (QED) is 0.873. The van der Waals surface area contributed by atoms with Crippen molar-refractivity contribution in [2.75, 3.05) is 0 Å². The van der Waals surface area contributed by atoms with E-state index in [0.717, 1.165) is 24.7 Å². The van der Waals surface area contributed by atoms with Crippen LogP contribution in [0.5, 0.6) is 0 Å². The molecule has 0 radical (unpaired) electrons. The Morgan fingerprint density at radius 3 is 2.67 bits per heavy atom. The number of aryl methyl sites for hydroxylation is 2. The van der Waals surface area contributed by atoms with Crippen LogP contribution in [-0.2, 0) is 13.0 Å². The highest BCUT2D eigenvalue weighted by Crippen LogP contribution is 2.26. The van der Waals surface area contributed by atoms with E-state index in [1.165, 1.54) is 23.0 Å². The van der Waals surface area contributed by atoms with E-state index in [0.29, 0.717) is 12.0 Å². The molecule has 1 fully saturated rings. The zero-order valence-electron chi connectivity index (χ0n) is 11.8. The second kappa shape index (κ2) is 5.74. The molecule has 0 bridgehead atoms. The van der Waals surface area contributed by atoms with Crippen molar-refractivity contribution in [3.05, 3.63) is 15.9 Å². The predicted molar refractivity (Wildman–Crippen MR) is 78.8 cm³/mol. The van der Waals surface area contributed by atoms with E-state index in [9.17, 15) is 0 Å². The smallest absolute Gasteiger partial charge is 0.0738 e. The van der Waals surface area contributed by atoms with E-state index in [-0.39, 0.29) is 0 Å². The highest BCUT2D eigenvalue weighted by molar-refractivity contribution is 9.10. The number of hydrogen-bond acceptors (Lipinski definition) is 2. The van der Waals surface area contributed by atoms with Gasteiger partial charge in [-0.2, -0.15) is 5.10 Å². The van der Waals surface area contributed by atoms with Crippen molar-refractivity contribution >= 4 is 15.9 Å². The van der Waals surface area contributed by atoms with Crippen LogP contribution in [0.3, 0.4) is 0 Å². The molecule has 2 rings (SSSR count). The summed E-state index contributed by atoms with van der Waals surface area (Å²) >= 11 is 3.68. The first kappa shape index (κ1) is 14.1. The number of hydrogen-bond donors (Lipinski definition) is 1. The summed E-state index contributed by atoms with van der Waals surface area (Å²) < 4.78 is 3.31. The van der Waals surface area contributed by atoms with E-state index in [1.54, 1.807) is 0 Å². The largest absolute Gasteiger partial charge is 0.311 e. The molecule has 0 aliphatic heterocycles. The summed E-state index contributed by atoms with van der Waals surface area (Å²) in [6, 6.07) is 1.36. The van der Waals surface area contributed by atoms with Crippen LogP contribution in [0.15, 0.2) is 4.47 Å². The summed E-state index contributed by atoms with van der Waals surface area (Å²) in [5.41, 5.74) is 2.44. The molecule has 1 aromatic rings. The maximum Gasteiger partial charge on any atom is 0.0738 e. The summed E-state index contributed by atoms with van der Waals surface area (Å²) in [4.78, 5) is 0. The van der Waals surface area contributed by atoms with Gasteiger partial charge in [0, 0.05) is 18.6 Å². The van der Waals surface area contributed by atoms with Crippen LogP contribution < -0.4 is 5.32 Å². The molecule has 1 aliphatic rings. The van der Waals surface area contributed by atoms with Crippen LogP contribution in [0.2, 0.25) is 0 Å². The third-order valence-electron chi connectivity index (χ3n) is 3.90. The minimum absolute atomic E-state index is 0.574. The lowest BCUT2D eigenvalue weighted by Gasteiger charge is -2.21. The Balaban J connectivity index is 2.02. The fourth-order valence-electron chi connectivity index (χ4n) is 2.33. The molecule has 1 N–H and O–H groups in total. The number of halogens is 1. The van der Waals surface area contributed by atoms with Crippen molar-refractivity contribution in [3.63, 3.8) is 0 Å². The minimum Gasteiger partial charge on any atom is -0.311 e. The first-order chi connectivity index (χ1) is 8.52. The van der Waals surface area contributed by atoms with Crippen LogP contribution in [0, 0.1) is 12.8 Å². The average molecular weight is 314 g/mol. The third kappa shape index (κ3) is 3.15. The molecular weight excluding hydrogens is 290 g/mol. The molecule has 0 saturated heterocycles. The van der Waals surface area contributed by atoms with E-state index in [4.69, 9.17) is 0 Å². The van der Waals surface area contributed by atoms with Gasteiger partial charge in [0.1, 0.15) is 0 Å². The van der Waals surface area contributed by atoms with Gasteiger partial charge in [0.25, 0.3) is 0 Å². The van der Waals surface area contributed by atoms with Gasteiger partial charge >= 0.3 is 0 Å².